The van der Waals surface area contributed by atoms with Gasteiger partial charge in [0.2, 0.25) is 0 Å². The number of hydrogen-bond acceptors (Lipinski definition) is 2. The number of fused-ring (bicyclic) bond motifs is 1. The van der Waals surface area contributed by atoms with Crippen molar-refractivity contribution in [1.29, 1.82) is 0 Å². The van der Waals surface area contributed by atoms with Crippen LogP contribution in [0.25, 0.3) is 0 Å². The Kier molecular flexibility index (Phi) is 1.37. The van der Waals surface area contributed by atoms with E-state index in [2.05, 4.69) is 6.92 Å². The van der Waals surface area contributed by atoms with E-state index in [1.807, 2.05) is 6.92 Å². The molecule has 0 radical (unpaired) electrons. The van der Waals surface area contributed by atoms with E-state index in [1.54, 1.807) is 0 Å². The van der Waals surface area contributed by atoms with Gasteiger partial charge in [-0.3, -0.25) is 0 Å². The molecule has 2 heteroatoms. The first-order valence-electron chi connectivity index (χ1n) is 4.52. The Balaban J connectivity index is 2.13. The highest BCUT2D eigenvalue weighted by Gasteiger charge is 2.69. The molecule has 0 aromatic rings. The van der Waals surface area contributed by atoms with Gasteiger partial charge < -0.3 is 9.84 Å². The molecule has 11 heavy (non-hydrogen) atoms. The molecule has 1 heterocycles. The fourth-order valence-electron chi connectivity index (χ4n) is 2.41. The summed E-state index contributed by atoms with van der Waals surface area (Å²) in [7, 11) is 0. The summed E-state index contributed by atoms with van der Waals surface area (Å²) in [4.78, 5) is 0. The van der Waals surface area contributed by atoms with Crippen LogP contribution in [0.3, 0.4) is 0 Å². The Labute approximate surface area is 67.6 Å². The number of epoxide rings is 1. The molecule has 0 amide bonds. The third-order valence-corrected chi connectivity index (χ3v) is 3.35. The molecule has 2 fully saturated rings. The monoisotopic (exact) mass is 156 g/mol. The minimum Gasteiger partial charge on any atom is -0.387 e. The van der Waals surface area contributed by atoms with Crippen molar-refractivity contribution in [3.63, 3.8) is 0 Å². The lowest BCUT2D eigenvalue weighted by Gasteiger charge is -2.28. The second-order valence-corrected chi connectivity index (χ2v) is 4.03. The molecule has 1 N–H and O–H groups in total. The molecule has 0 aromatic heterocycles. The third-order valence-electron chi connectivity index (χ3n) is 3.35. The summed E-state index contributed by atoms with van der Waals surface area (Å²) < 4.78 is 5.46. The third kappa shape index (κ3) is 0.798. The molecule has 0 aromatic carbocycles. The highest BCUT2D eigenvalue weighted by Crippen LogP contribution is 2.57. The molecule has 1 aliphatic heterocycles. The van der Waals surface area contributed by atoms with E-state index in [9.17, 15) is 5.11 Å². The summed E-state index contributed by atoms with van der Waals surface area (Å²) in [5.41, 5.74) is -0.685. The molecule has 0 unspecified atom stereocenters. The summed E-state index contributed by atoms with van der Waals surface area (Å²) in [6.07, 6.45) is 4.27. The number of ether oxygens (including phenoxy) is 1. The van der Waals surface area contributed by atoms with Crippen LogP contribution < -0.4 is 0 Å². The van der Waals surface area contributed by atoms with Crippen molar-refractivity contribution in [2.75, 3.05) is 0 Å². The van der Waals surface area contributed by atoms with Gasteiger partial charge in [0.15, 0.2) is 0 Å². The van der Waals surface area contributed by atoms with Gasteiger partial charge in [-0.2, -0.15) is 0 Å². The van der Waals surface area contributed by atoms with Crippen LogP contribution in [-0.4, -0.2) is 22.4 Å². The molecule has 0 spiro atoms. The quantitative estimate of drug-likeness (QED) is 0.614. The van der Waals surface area contributed by atoms with E-state index in [0.29, 0.717) is 6.10 Å². The molecular formula is C9H16O2. The fraction of sp³-hybridized carbons (Fsp3) is 1.00. The average Bonchev–Trinajstić information content (AvgIpc) is 2.54. The number of hydrogen-bond donors (Lipinski definition) is 1. The van der Waals surface area contributed by atoms with Crippen molar-refractivity contribution in [2.24, 2.45) is 0 Å². The standard InChI is InChI=1S/C9H16O2/c1-3-5-9(10)6-4-7-8(9,2)11-7/h7,10H,3-6H2,1-2H3/t7-,8-,9+/m1/s1. The van der Waals surface area contributed by atoms with Gasteiger partial charge in [0.25, 0.3) is 0 Å². The Bertz CT molecular complexity index is 178. The van der Waals surface area contributed by atoms with Crippen molar-refractivity contribution in [2.45, 2.75) is 56.8 Å². The minimum absolute atomic E-state index is 0.178. The average molecular weight is 156 g/mol. The van der Waals surface area contributed by atoms with E-state index < -0.39 is 5.60 Å². The molecule has 1 saturated carbocycles. The lowest BCUT2D eigenvalue weighted by molar-refractivity contribution is -0.0424. The zero-order valence-corrected chi connectivity index (χ0v) is 7.26. The van der Waals surface area contributed by atoms with Crippen LogP contribution in [-0.2, 0) is 4.74 Å². The normalized spacial score (nSPS) is 54.3. The van der Waals surface area contributed by atoms with Crippen LogP contribution >= 0.6 is 0 Å². The Hall–Kier alpha value is -0.0800. The lowest BCUT2D eigenvalue weighted by Crippen LogP contribution is -2.40. The summed E-state index contributed by atoms with van der Waals surface area (Å²) in [5.74, 6) is 0. The fourth-order valence-corrected chi connectivity index (χ4v) is 2.41. The zero-order chi connectivity index (χ0) is 8.11. The maximum absolute atomic E-state index is 10.1. The Morgan fingerprint density at radius 2 is 2.36 bits per heavy atom. The molecule has 3 atom stereocenters. The van der Waals surface area contributed by atoms with Crippen LogP contribution in [0.2, 0.25) is 0 Å². The van der Waals surface area contributed by atoms with Crippen LogP contribution in [0.4, 0.5) is 0 Å². The van der Waals surface area contributed by atoms with Crippen LogP contribution in [0.5, 0.6) is 0 Å². The first kappa shape index (κ1) is 7.56. The van der Waals surface area contributed by atoms with Crippen molar-refractivity contribution >= 4 is 0 Å². The van der Waals surface area contributed by atoms with Gasteiger partial charge in [0.1, 0.15) is 5.60 Å². The van der Waals surface area contributed by atoms with Gasteiger partial charge in [0.05, 0.1) is 11.7 Å². The highest BCUT2D eigenvalue weighted by atomic mass is 16.6. The molecule has 0 bridgehead atoms. The van der Waals surface area contributed by atoms with Gasteiger partial charge in [-0.05, 0) is 26.2 Å². The van der Waals surface area contributed by atoms with E-state index in [4.69, 9.17) is 4.74 Å². The number of rotatable bonds is 2. The number of aliphatic hydroxyl groups is 1. The maximum Gasteiger partial charge on any atom is 0.120 e. The smallest absolute Gasteiger partial charge is 0.120 e. The van der Waals surface area contributed by atoms with E-state index >= 15 is 0 Å². The second-order valence-electron chi connectivity index (χ2n) is 4.03. The van der Waals surface area contributed by atoms with Gasteiger partial charge in [-0.1, -0.05) is 13.3 Å². The summed E-state index contributed by atoms with van der Waals surface area (Å²) >= 11 is 0. The van der Waals surface area contributed by atoms with E-state index in [0.717, 1.165) is 25.7 Å². The van der Waals surface area contributed by atoms with E-state index in [1.165, 1.54) is 0 Å². The van der Waals surface area contributed by atoms with Gasteiger partial charge in [0, 0.05) is 0 Å². The zero-order valence-electron chi connectivity index (χ0n) is 7.26. The van der Waals surface area contributed by atoms with Crippen molar-refractivity contribution in [3.05, 3.63) is 0 Å². The molecule has 1 aliphatic carbocycles. The molecule has 64 valence electrons. The predicted octanol–water partition coefficient (Wildman–Crippen LogP) is 1.47. The first-order chi connectivity index (χ1) is 5.12. The van der Waals surface area contributed by atoms with Gasteiger partial charge >= 0.3 is 0 Å². The van der Waals surface area contributed by atoms with Crippen LogP contribution in [0.1, 0.15) is 39.5 Å². The minimum atomic E-state index is -0.508. The predicted molar refractivity (Wildman–Crippen MR) is 42.4 cm³/mol. The SMILES string of the molecule is CCC[C@]1(O)CC[C@H]2O[C@]21C. The Morgan fingerprint density at radius 1 is 1.64 bits per heavy atom. The summed E-state index contributed by atoms with van der Waals surface area (Å²) in [6, 6.07) is 0. The first-order valence-corrected chi connectivity index (χ1v) is 4.52. The molecule has 2 aliphatic rings. The molecule has 1 saturated heterocycles. The lowest BCUT2D eigenvalue weighted by atomic mass is 9.87. The Morgan fingerprint density at radius 3 is 2.73 bits per heavy atom. The van der Waals surface area contributed by atoms with Crippen LogP contribution in [0, 0.1) is 0 Å². The second kappa shape index (κ2) is 1.99. The topological polar surface area (TPSA) is 32.8 Å². The van der Waals surface area contributed by atoms with E-state index in [-0.39, 0.29) is 5.60 Å². The molecule has 2 nitrogen and oxygen atoms in total. The van der Waals surface area contributed by atoms with Gasteiger partial charge in [-0.15, -0.1) is 0 Å². The summed E-state index contributed by atoms with van der Waals surface area (Å²) in [6.45, 7) is 4.15. The maximum atomic E-state index is 10.1. The largest absolute Gasteiger partial charge is 0.387 e. The van der Waals surface area contributed by atoms with Gasteiger partial charge in [-0.25, -0.2) is 0 Å². The molecule has 2 rings (SSSR count). The van der Waals surface area contributed by atoms with Crippen molar-refractivity contribution in [1.82, 2.24) is 0 Å². The van der Waals surface area contributed by atoms with Crippen LogP contribution in [0.15, 0.2) is 0 Å². The molecular weight excluding hydrogens is 140 g/mol. The highest BCUT2D eigenvalue weighted by molar-refractivity contribution is 5.18. The summed E-state index contributed by atoms with van der Waals surface area (Å²) in [5, 5.41) is 10.1. The van der Waals surface area contributed by atoms with Crippen molar-refractivity contribution < 1.29 is 9.84 Å². The van der Waals surface area contributed by atoms with Crippen molar-refractivity contribution in [3.8, 4) is 0 Å².